The first-order valence-electron chi connectivity index (χ1n) is 6.51. The Morgan fingerprint density at radius 3 is 1.94 bits per heavy atom. The summed E-state index contributed by atoms with van der Waals surface area (Å²) in [5.74, 6) is 0.000101. The second kappa shape index (κ2) is 7.74. The van der Waals surface area contributed by atoms with E-state index in [0.717, 1.165) is 12.8 Å². The Labute approximate surface area is 111 Å². The van der Waals surface area contributed by atoms with Crippen LogP contribution < -0.4 is 5.32 Å². The van der Waals surface area contributed by atoms with E-state index in [1.807, 2.05) is 6.92 Å². The number of carbonyl (C=O) groups excluding carboxylic acids is 1. The first-order chi connectivity index (χ1) is 8.25. The van der Waals surface area contributed by atoms with Crippen molar-refractivity contribution in [3.63, 3.8) is 0 Å². The normalized spacial score (nSPS) is 12.6. The number of nitrogens with one attached hydrogen (secondary N) is 1. The number of hydrogen-bond donors (Lipinski definition) is 1. The van der Waals surface area contributed by atoms with E-state index in [9.17, 15) is 4.79 Å². The number of ether oxygens (including phenoxy) is 2. The Morgan fingerprint density at radius 2 is 1.56 bits per heavy atom. The Balaban J connectivity index is 4.11. The van der Waals surface area contributed by atoms with Crippen LogP contribution in [0.4, 0.5) is 0 Å². The van der Waals surface area contributed by atoms with Crippen LogP contribution >= 0.6 is 0 Å². The van der Waals surface area contributed by atoms with Gasteiger partial charge in [0.25, 0.3) is 0 Å². The predicted molar refractivity (Wildman–Crippen MR) is 73.6 cm³/mol. The van der Waals surface area contributed by atoms with Gasteiger partial charge in [-0.25, -0.2) is 0 Å². The van der Waals surface area contributed by atoms with Crippen molar-refractivity contribution < 1.29 is 14.3 Å². The van der Waals surface area contributed by atoms with Crippen molar-refractivity contribution in [1.29, 1.82) is 0 Å². The van der Waals surface area contributed by atoms with E-state index in [4.69, 9.17) is 9.47 Å². The molecule has 0 bridgehead atoms. The molecule has 108 valence electrons. The number of methoxy groups -OCH3 is 2. The molecule has 0 spiro atoms. The highest BCUT2D eigenvalue weighted by molar-refractivity contribution is 5.82. The van der Waals surface area contributed by atoms with Crippen molar-refractivity contribution >= 4 is 5.91 Å². The van der Waals surface area contributed by atoms with Crippen molar-refractivity contribution in [3.8, 4) is 0 Å². The zero-order chi connectivity index (χ0) is 14.2. The molecule has 0 saturated heterocycles. The molecule has 0 rings (SSSR count). The van der Waals surface area contributed by atoms with Crippen molar-refractivity contribution in [2.75, 3.05) is 34.0 Å². The Hall–Kier alpha value is -0.610. The molecule has 4 nitrogen and oxygen atoms in total. The molecule has 0 saturated carbocycles. The van der Waals surface area contributed by atoms with Crippen LogP contribution in [0.5, 0.6) is 0 Å². The molecule has 0 fully saturated rings. The van der Waals surface area contributed by atoms with Gasteiger partial charge in [-0.15, -0.1) is 0 Å². The van der Waals surface area contributed by atoms with E-state index >= 15 is 0 Å². The molecule has 1 N–H and O–H groups in total. The van der Waals surface area contributed by atoms with Crippen LogP contribution in [0.2, 0.25) is 0 Å². The molecule has 0 aliphatic rings. The van der Waals surface area contributed by atoms with Gasteiger partial charge >= 0.3 is 0 Å². The maximum Gasteiger partial charge on any atom is 0.230 e. The lowest BCUT2D eigenvalue weighted by Crippen LogP contribution is -2.45. The maximum atomic E-state index is 12.1. The third-order valence-electron chi connectivity index (χ3n) is 2.86. The highest BCUT2D eigenvalue weighted by Gasteiger charge is 2.33. The summed E-state index contributed by atoms with van der Waals surface area (Å²) in [4.78, 5) is 12.1. The molecule has 0 heterocycles. The second-order valence-electron chi connectivity index (χ2n) is 6.35. The third kappa shape index (κ3) is 6.97. The molecule has 0 unspecified atom stereocenters. The van der Waals surface area contributed by atoms with Gasteiger partial charge in [0, 0.05) is 20.8 Å². The van der Waals surface area contributed by atoms with E-state index in [-0.39, 0.29) is 5.91 Å². The number of rotatable bonds is 8. The average Bonchev–Trinajstić information content (AvgIpc) is 2.23. The lowest BCUT2D eigenvalue weighted by Gasteiger charge is -2.27. The second-order valence-corrected chi connectivity index (χ2v) is 6.35. The average molecular weight is 259 g/mol. The highest BCUT2D eigenvalue weighted by Crippen LogP contribution is 2.20. The quantitative estimate of drug-likeness (QED) is 0.680. The van der Waals surface area contributed by atoms with Gasteiger partial charge in [0.05, 0.1) is 18.6 Å². The summed E-state index contributed by atoms with van der Waals surface area (Å²) in [5, 5.41) is 2.97. The van der Waals surface area contributed by atoms with E-state index in [1.165, 1.54) is 0 Å². The van der Waals surface area contributed by atoms with Gasteiger partial charge < -0.3 is 14.8 Å². The van der Waals surface area contributed by atoms with Crippen LogP contribution in [0.1, 0.15) is 40.5 Å². The fraction of sp³-hybridized carbons (Fsp3) is 0.929. The van der Waals surface area contributed by atoms with Gasteiger partial charge in [0.15, 0.2) is 0 Å². The predicted octanol–water partition coefficient (Wildman–Crippen LogP) is 2.23. The van der Waals surface area contributed by atoms with Gasteiger partial charge in [-0.1, -0.05) is 20.8 Å². The molecule has 0 aromatic heterocycles. The molecule has 0 aliphatic heterocycles. The molecule has 0 atom stereocenters. The van der Waals surface area contributed by atoms with Gasteiger partial charge in [-0.2, -0.15) is 0 Å². The number of hydrogen-bond acceptors (Lipinski definition) is 3. The SMILES string of the molecule is COCC(C)(COC)C(=O)NCCCC(C)(C)C. The van der Waals surface area contributed by atoms with Crippen LogP contribution in [-0.2, 0) is 14.3 Å². The Morgan fingerprint density at radius 1 is 1.06 bits per heavy atom. The van der Waals surface area contributed by atoms with Gasteiger partial charge in [-0.3, -0.25) is 4.79 Å². The topological polar surface area (TPSA) is 47.6 Å². The summed E-state index contributed by atoms with van der Waals surface area (Å²) in [6.07, 6.45) is 2.09. The van der Waals surface area contributed by atoms with Crippen LogP contribution in [0.25, 0.3) is 0 Å². The molecule has 18 heavy (non-hydrogen) atoms. The summed E-state index contributed by atoms with van der Waals surface area (Å²) >= 11 is 0. The molecular weight excluding hydrogens is 230 g/mol. The minimum Gasteiger partial charge on any atom is -0.383 e. The Bertz CT molecular complexity index is 240. The summed E-state index contributed by atoms with van der Waals surface area (Å²) in [6, 6.07) is 0. The monoisotopic (exact) mass is 259 g/mol. The first-order valence-corrected chi connectivity index (χ1v) is 6.51. The van der Waals surface area contributed by atoms with Gasteiger partial charge in [0.2, 0.25) is 5.91 Å². The van der Waals surface area contributed by atoms with E-state index in [0.29, 0.717) is 25.2 Å². The molecule has 0 aliphatic carbocycles. The largest absolute Gasteiger partial charge is 0.383 e. The lowest BCUT2D eigenvalue weighted by molar-refractivity contribution is -0.136. The molecule has 0 aromatic rings. The molecular formula is C14H29NO3. The number of amides is 1. The van der Waals surface area contributed by atoms with Gasteiger partial charge in [0.1, 0.15) is 0 Å². The molecule has 1 amide bonds. The summed E-state index contributed by atoms with van der Waals surface area (Å²) in [7, 11) is 3.20. The van der Waals surface area contributed by atoms with E-state index < -0.39 is 5.41 Å². The van der Waals surface area contributed by atoms with Gasteiger partial charge in [-0.05, 0) is 25.2 Å². The zero-order valence-corrected chi connectivity index (χ0v) is 12.8. The standard InChI is InChI=1S/C14H29NO3/c1-13(2,3)8-7-9-15-12(16)14(4,10-17-5)11-18-6/h7-11H2,1-6H3,(H,15,16). The summed E-state index contributed by atoms with van der Waals surface area (Å²) in [5.41, 5.74) is -0.293. The van der Waals surface area contributed by atoms with Crippen molar-refractivity contribution in [3.05, 3.63) is 0 Å². The maximum absolute atomic E-state index is 12.1. The minimum absolute atomic E-state index is 0.000101. The first kappa shape index (κ1) is 17.4. The summed E-state index contributed by atoms with van der Waals surface area (Å²) in [6.45, 7) is 9.91. The number of carbonyl (C=O) groups is 1. The Kier molecular flexibility index (Phi) is 7.48. The minimum atomic E-state index is -0.606. The van der Waals surface area contributed by atoms with E-state index in [2.05, 4.69) is 26.1 Å². The summed E-state index contributed by atoms with van der Waals surface area (Å²) < 4.78 is 10.2. The fourth-order valence-corrected chi connectivity index (χ4v) is 1.84. The molecule has 0 aromatic carbocycles. The van der Waals surface area contributed by atoms with Crippen molar-refractivity contribution in [2.45, 2.75) is 40.5 Å². The van der Waals surface area contributed by atoms with Crippen LogP contribution in [0.3, 0.4) is 0 Å². The highest BCUT2D eigenvalue weighted by atomic mass is 16.5. The molecule has 0 radical (unpaired) electrons. The third-order valence-corrected chi connectivity index (χ3v) is 2.86. The van der Waals surface area contributed by atoms with Crippen LogP contribution in [0.15, 0.2) is 0 Å². The van der Waals surface area contributed by atoms with Crippen LogP contribution in [0, 0.1) is 10.8 Å². The van der Waals surface area contributed by atoms with Crippen molar-refractivity contribution in [1.82, 2.24) is 5.32 Å². The smallest absolute Gasteiger partial charge is 0.230 e. The van der Waals surface area contributed by atoms with Crippen LogP contribution in [-0.4, -0.2) is 39.9 Å². The van der Waals surface area contributed by atoms with E-state index in [1.54, 1.807) is 14.2 Å². The fourth-order valence-electron chi connectivity index (χ4n) is 1.84. The van der Waals surface area contributed by atoms with Crippen molar-refractivity contribution in [2.24, 2.45) is 10.8 Å². The zero-order valence-electron chi connectivity index (χ0n) is 12.8. The molecule has 4 heteroatoms. The lowest BCUT2D eigenvalue weighted by atomic mass is 9.90.